The molecule has 0 spiro atoms. The van der Waals surface area contributed by atoms with Crippen LogP contribution in [-0.2, 0) is 11.3 Å². The van der Waals surface area contributed by atoms with Gasteiger partial charge in [-0.3, -0.25) is 9.36 Å². The van der Waals surface area contributed by atoms with E-state index in [1.807, 2.05) is 18.2 Å². The Morgan fingerprint density at radius 2 is 1.96 bits per heavy atom. The predicted molar refractivity (Wildman–Crippen MR) is 95.1 cm³/mol. The van der Waals surface area contributed by atoms with E-state index in [9.17, 15) is 9.59 Å². The topological polar surface area (TPSA) is 90.3 Å². The number of hydrogen-bond acceptors (Lipinski definition) is 4. The summed E-state index contributed by atoms with van der Waals surface area (Å²) in [5, 5.41) is 3.23. The Kier molecular flexibility index (Phi) is 4.37. The van der Waals surface area contributed by atoms with Crippen molar-refractivity contribution in [3.05, 3.63) is 34.8 Å². The number of hydrogen-bond donors (Lipinski definition) is 2. The number of carbonyl (C=O) groups is 1. The monoisotopic (exact) mass is 343 g/mol. The normalized spacial score (nSPS) is 28.8. The van der Waals surface area contributed by atoms with Crippen LogP contribution in [0.5, 0.6) is 0 Å². The van der Waals surface area contributed by atoms with E-state index in [0.29, 0.717) is 24.0 Å². The number of amides is 1. The first-order chi connectivity index (χ1) is 12.1. The summed E-state index contributed by atoms with van der Waals surface area (Å²) in [6.07, 6.45) is 5.85. The molecule has 1 amide bonds. The third-order valence-corrected chi connectivity index (χ3v) is 5.84. The van der Waals surface area contributed by atoms with E-state index < -0.39 is 5.76 Å². The Hall–Kier alpha value is -2.08. The van der Waals surface area contributed by atoms with E-state index in [1.165, 1.54) is 11.0 Å². The maximum atomic E-state index is 12.5. The maximum Gasteiger partial charge on any atom is 0.419 e. The molecule has 2 fully saturated rings. The van der Waals surface area contributed by atoms with Gasteiger partial charge in [-0.2, -0.15) is 0 Å². The average Bonchev–Trinajstić information content (AvgIpc) is 2.89. The van der Waals surface area contributed by atoms with E-state index in [2.05, 4.69) is 5.32 Å². The van der Waals surface area contributed by atoms with Crippen LogP contribution in [-0.4, -0.2) is 22.6 Å². The van der Waals surface area contributed by atoms with Gasteiger partial charge >= 0.3 is 5.76 Å². The summed E-state index contributed by atoms with van der Waals surface area (Å²) in [5.41, 5.74) is 7.45. The van der Waals surface area contributed by atoms with Gasteiger partial charge in [0.05, 0.1) is 5.52 Å². The fraction of sp³-hybridized carbons (Fsp3) is 0.579. The number of carbonyl (C=O) groups excluding carboxylic acids is 1. The lowest BCUT2D eigenvalue weighted by Gasteiger charge is -2.45. The van der Waals surface area contributed by atoms with E-state index in [-0.39, 0.29) is 24.4 Å². The summed E-state index contributed by atoms with van der Waals surface area (Å²) in [5.74, 6) is 0.608. The molecule has 2 aromatic rings. The van der Waals surface area contributed by atoms with Crippen LogP contribution in [0.25, 0.3) is 11.1 Å². The summed E-state index contributed by atoms with van der Waals surface area (Å²) in [6, 6.07) is 7.82. The van der Waals surface area contributed by atoms with E-state index in [4.69, 9.17) is 10.2 Å². The number of para-hydroxylation sites is 2. The molecule has 6 nitrogen and oxygen atoms in total. The third kappa shape index (κ3) is 3.23. The molecule has 0 saturated heterocycles. The predicted octanol–water partition coefficient (Wildman–Crippen LogP) is 2.01. The summed E-state index contributed by atoms with van der Waals surface area (Å²) in [6.45, 7) is 0.337. The van der Waals surface area contributed by atoms with Crippen molar-refractivity contribution in [1.82, 2.24) is 9.88 Å². The summed E-state index contributed by atoms with van der Waals surface area (Å²) < 4.78 is 6.75. The highest BCUT2D eigenvalue weighted by Gasteiger charge is 2.39. The average molecular weight is 343 g/mol. The lowest BCUT2D eigenvalue weighted by molar-refractivity contribution is -0.123. The summed E-state index contributed by atoms with van der Waals surface area (Å²) in [4.78, 5) is 24.5. The maximum absolute atomic E-state index is 12.5. The lowest BCUT2D eigenvalue weighted by atomic mass is 9.67. The van der Waals surface area contributed by atoms with Crippen LogP contribution in [0.15, 0.2) is 33.5 Å². The van der Waals surface area contributed by atoms with E-state index >= 15 is 0 Å². The molecule has 0 radical (unpaired) electrons. The minimum Gasteiger partial charge on any atom is -0.408 e. The molecule has 2 aliphatic carbocycles. The standard InChI is InChI=1S/C19H25N3O3/c20-14-10-12-4-3-5-13(11-14)18(12)21-17(23)8-9-22-15-6-1-2-7-16(15)25-19(22)24/h1-2,6-7,12-14,18H,3-5,8-11,20H2,(H,21,23). The number of fused-ring (bicyclic) bond motifs is 3. The third-order valence-electron chi connectivity index (χ3n) is 5.84. The van der Waals surface area contributed by atoms with Crippen LogP contribution in [0.3, 0.4) is 0 Å². The Bertz CT molecular complexity index is 811. The molecular weight excluding hydrogens is 318 g/mol. The van der Waals surface area contributed by atoms with Crippen LogP contribution in [0.2, 0.25) is 0 Å². The number of oxazole rings is 1. The van der Waals surface area contributed by atoms with Crippen molar-refractivity contribution < 1.29 is 9.21 Å². The number of aryl methyl sites for hydroxylation is 1. The van der Waals surface area contributed by atoms with Gasteiger partial charge in [0.15, 0.2) is 5.58 Å². The first-order valence-electron chi connectivity index (χ1n) is 9.25. The number of nitrogens with two attached hydrogens (primary N) is 1. The van der Waals surface area contributed by atoms with Crippen LogP contribution >= 0.6 is 0 Å². The quantitative estimate of drug-likeness (QED) is 0.888. The minimum absolute atomic E-state index is 0.00884. The highest BCUT2D eigenvalue weighted by molar-refractivity contribution is 5.77. The largest absolute Gasteiger partial charge is 0.419 e. The first-order valence-corrected chi connectivity index (χ1v) is 9.25. The van der Waals surface area contributed by atoms with E-state index in [0.717, 1.165) is 31.2 Å². The zero-order chi connectivity index (χ0) is 17.4. The molecule has 2 saturated carbocycles. The SMILES string of the molecule is NC1CC2CCCC(C1)C2NC(=O)CCn1c(=O)oc2ccccc21. The highest BCUT2D eigenvalue weighted by Crippen LogP contribution is 2.39. The second kappa shape index (κ2) is 6.67. The van der Waals surface area contributed by atoms with Gasteiger partial charge in [0.2, 0.25) is 5.91 Å². The van der Waals surface area contributed by atoms with Gasteiger partial charge < -0.3 is 15.5 Å². The molecule has 1 heterocycles. The van der Waals surface area contributed by atoms with Gasteiger partial charge in [-0.15, -0.1) is 0 Å². The second-order valence-electron chi connectivity index (χ2n) is 7.51. The molecule has 2 unspecified atom stereocenters. The van der Waals surface area contributed by atoms with Gasteiger partial charge in [0.1, 0.15) is 0 Å². The van der Waals surface area contributed by atoms with Crippen molar-refractivity contribution in [3.63, 3.8) is 0 Å². The molecule has 134 valence electrons. The van der Waals surface area contributed by atoms with Crippen LogP contribution in [0, 0.1) is 11.8 Å². The first kappa shape index (κ1) is 16.4. The van der Waals surface area contributed by atoms with Gasteiger partial charge in [-0.05, 0) is 49.7 Å². The Morgan fingerprint density at radius 1 is 1.24 bits per heavy atom. The Morgan fingerprint density at radius 3 is 2.72 bits per heavy atom. The van der Waals surface area contributed by atoms with Crippen molar-refractivity contribution in [2.24, 2.45) is 17.6 Å². The molecule has 25 heavy (non-hydrogen) atoms. The smallest absolute Gasteiger partial charge is 0.408 e. The van der Waals surface area contributed by atoms with Gasteiger partial charge in [0.25, 0.3) is 0 Å². The Labute approximate surface area is 146 Å². The molecule has 1 aromatic heterocycles. The fourth-order valence-corrected chi connectivity index (χ4v) is 4.72. The number of nitrogens with zero attached hydrogens (tertiary/aromatic N) is 1. The van der Waals surface area contributed by atoms with Gasteiger partial charge in [-0.25, -0.2) is 4.79 Å². The fourth-order valence-electron chi connectivity index (χ4n) is 4.72. The zero-order valence-corrected chi connectivity index (χ0v) is 14.3. The minimum atomic E-state index is -0.408. The summed E-state index contributed by atoms with van der Waals surface area (Å²) >= 11 is 0. The van der Waals surface area contributed by atoms with E-state index in [1.54, 1.807) is 6.07 Å². The number of nitrogens with one attached hydrogen (secondary N) is 1. The highest BCUT2D eigenvalue weighted by atomic mass is 16.4. The summed E-state index contributed by atoms with van der Waals surface area (Å²) in [7, 11) is 0. The van der Waals surface area contributed by atoms with Crippen molar-refractivity contribution in [1.29, 1.82) is 0 Å². The lowest BCUT2D eigenvalue weighted by Crippen LogP contribution is -2.53. The number of benzene rings is 1. The van der Waals surface area contributed by atoms with Crippen LogP contribution < -0.4 is 16.8 Å². The molecule has 1 aromatic carbocycles. The van der Waals surface area contributed by atoms with Crippen LogP contribution in [0.4, 0.5) is 0 Å². The molecule has 0 aliphatic heterocycles. The zero-order valence-electron chi connectivity index (χ0n) is 14.3. The van der Waals surface area contributed by atoms with Crippen molar-refractivity contribution in [2.75, 3.05) is 0 Å². The molecule has 2 bridgehead atoms. The number of aromatic nitrogens is 1. The van der Waals surface area contributed by atoms with Crippen molar-refractivity contribution in [3.8, 4) is 0 Å². The van der Waals surface area contributed by atoms with Crippen molar-refractivity contribution in [2.45, 2.75) is 57.2 Å². The Balaban J connectivity index is 1.41. The molecule has 4 rings (SSSR count). The van der Waals surface area contributed by atoms with Crippen LogP contribution in [0.1, 0.15) is 38.5 Å². The van der Waals surface area contributed by atoms with Gasteiger partial charge in [0, 0.05) is 25.0 Å². The molecule has 3 N–H and O–H groups in total. The molecular formula is C19H25N3O3. The van der Waals surface area contributed by atoms with Gasteiger partial charge in [-0.1, -0.05) is 18.6 Å². The number of rotatable bonds is 4. The second-order valence-corrected chi connectivity index (χ2v) is 7.51. The van der Waals surface area contributed by atoms with Crippen molar-refractivity contribution >= 4 is 17.0 Å². The molecule has 6 heteroatoms. The molecule has 2 atom stereocenters. The molecule has 2 aliphatic rings.